The monoisotopic (exact) mass is 279 g/mol. The Morgan fingerprint density at radius 1 is 1.47 bits per heavy atom. The number of amides is 1. The fourth-order valence-corrected chi connectivity index (χ4v) is 2.57. The molecule has 19 heavy (non-hydrogen) atoms. The average Bonchev–Trinajstić information content (AvgIpc) is 2.89. The molecule has 0 radical (unpaired) electrons. The van der Waals surface area contributed by atoms with Crippen molar-refractivity contribution in [3.63, 3.8) is 0 Å². The maximum Gasteiger partial charge on any atom is 0.271 e. The first-order valence-corrected chi connectivity index (χ1v) is 7.28. The molecule has 0 atom stereocenters. The largest absolute Gasteiger partial charge is 0.352 e. The van der Waals surface area contributed by atoms with E-state index in [0.717, 1.165) is 12.8 Å². The summed E-state index contributed by atoms with van der Waals surface area (Å²) in [7, 11) is 0. The van der Waals surface area contributed by atoms with E-state index in [0.29, 0.717) is 17.4 Å². The molecular weight excluding hydrogens is 262 g/mol. The van der Waals surface area contributed by atoms with Crippen molar-refractivity contribution < 1.29 is 4.79 Å². The highest BCUT2D eigenvalue weighted by molar-refractivity contribution is 7.15. The molecule has 0 aliphatic heterocycles. The number of rotatable bonds is 5. The van der Waals surface area contributed by atoms with Crippen LogP contribution in [0, 0.1) is 5.92 Å². The minimum Gasteiger partial charge on any atom is -0.352 e. The SMILES string of the molecule is CCC(CC)CNC(=O)c1cnc2sccn2c1=O. The lowest BCUT2D eigenvalue weighted by atomic mass is 10.0. The highest BCUT2D eigenvalue weighted by Crippen LogP contribution is 2.07. The number of nitrogens with one attached hydrogen (secondary N) is 1. The van der Waals surface area contributed by atoms with Crippen molar-refractivity contribution in [3.05, 3.63) is 33.7 Å². The van der Waals surface area contributed by atoms with E-state index in [1.807, 2.05) is 0 Å². The van der Waals surface area contributed by atoms with Gasteiger partial charge in [0, 0.05) is 24.3 Å². The Bertz CT molecular complexity index is 628. The van der Waals surface area contributed by atoms with Gasteiger partial charge in [-0.2, -0.15) is 0 Å². The average molecular weight is 279 g/mol. The number of aromatic nitrogens is 2. The van der Waals surface area contributed by atoms with Crippen molar-refractivity contribution in [2.45, 2.75) is 26.7 Å². The van der Waals surface area contributed by atoms with E-state index in [2.05, 4.69) is 24.1 Å². The summed E-state index contributed by atoms with van der Waals surface area (Å²) in [4.78, 5) is 28.8. The summed E-state index contributed by atoms with van der Waals surface area (Å²) in [5.74, 6) is 0.106. The third-order valence-electron chi connectivity index (χ3n) is 3.29. The van der Waals surface area contributed by atoms with Crippen LogP contribution in [0.3, 0.4) is 0 Å². The maximum atomic E-state index is 12.1. The van der Waals surface area contributed by atoms with Gasteiger partial charge in [0.25, 0.3) is 11.5 Å². The molecule has 0 bridgehead atoms. The fraction of sp³-hybridized carbons (Fsp3) is 0.462. The number of carbonyl (C=O) groups excluding carboxylic acids is 1. The van der Waals surface area contributed by atoms with Gasteiger partial charge in [0.15, 0.2) is 4.96 Å². The highest BCUT2D eigenvalue weighted by Gasteiger charge is 2.14. The quantitative estimate of drug-likeness (QED) is 0.909. The molecule has 0 unspecified atom stereocenters. The molecule has 0 saturated carbocycles. The summed E-state index contributed by atoms with van der Waals surface area (Å²) in [5.41, 5.74) is -0.213. The second-order valence-electron chi connectivity index (χ2n) is 4.43. The van der Waals surface area contributed by atoms with Crippen LogP contribution in [0.1, 0.15) is 37.0 Å². The number of thiazole rings is 1. The fourth-order valence-electron chi connectivity index (χ4n) is 1.89. The molecule has 0 spiro atoms. The van der Waals surface area contributed by atoms with Gasteiger partial charge in [0.2, 0.25) is 0 Å². The van der Waals surface area contributed by atoms with E-state index in [1.54, 1.807) is 11.6 Å². The van der Waals surface area contributed by atoms with Gasteiger partial charge in [0.05, 0.1) is 0 Å². The van der Waals surface area contributed by atoms with Gasteiger partial charge in [-0.25, -0.2) is 4.98 Å². The Morgan fingerprint density at radius 2 is 2.21 bits per heavy atom. The lowest BCUT2D eigenvalue weighted by Crippen LogP contribution is -2.34. The van der Waals surface area contributed by atoms with Crippen LogP contribution in [0.4, 0.5) is 0 Å². The van der Waals surface area contributed by atoms with E-state index < -0.39 is 0 Å². The molecule has 0 aliphatic rings. The number of carbonyl (C=O) groups is 1. The van der Waals surface area contributed by atoms with Crippen molar-refractivity contribution >= 4 is 22.2 Å². The predicted molar refractivity (Wildman–Crippen MR) is 75.7 cm³/mol. The van der Waals surface area contributed by atoms with Gasteiger partial charge < -0.3 is 5.32 Å². The van der Waals surface area contributed by atoms with Crippen LogP contribution in [-0.2, 0) is 0 Å². The Kier molecular flexibility index (Phi) is 4.31. The van der Waals surface area contributed by atoms with Crippen LogP contribution in [0.25, 0.3) is 4.96 Å². The van der Waals surface area contributed by atoms with Crippen LogP contribution in [0.5, 0.6) is 0 Å². The van der Waals surface area contributed by atoms with Gasteiger partial charge in [0.1, 0.15) is 5.56 Å². The summed E-state index contributed by atoms with van der Waals surface area (Å²) < 4.78 is 1.40. The number of hydrogen-bond acceptors (Lipinski definition) is 4. The molecule has 2 aromatic heterocycles. The summed E-state index contributed by atoms with van der Waals surface area (Å²) >= 11 is 1.37. The Hall–Kier alpha value is -1.69. The van der Waals surface area contributed by atoms with Gasteiger partial charge in [-0.15, -0.1) is 11.3 Å². The number of hydrogen-bond donors (Lipinski definition) is 1. The Morgan fingerprint density at radius 3 is 2.89 bits per heavy atom. The zero-order valence-corrected chi connectivity index (χ0v) is 11.9. The minimum atomic E-state index is -0.343. The topological polar surface area (TPSA) is 63.5 Å². The summed E-state index contributed by atoms with van der Waals surface area (Å²) in [6.45, 7) is 4.78. The molecule has 2 aromatic rings. The molecular formula is C13H17N3O2S. The third-order valence-corrected chi connectivity index (χ3v) is 4.06. The molecule has 5 nitrogen and oxygen atoms in total. The summed E-state index contributed by atoms with van der Waals surface area (Å²) in [5, 5.41) is 4.58. The second kappa shape index (κ2) is 5.97. The molecule has 0 saturated heterocycles. The zero-order valence-electron chi connectivity index (χ0n) is 11.0. The summed E-state index contributed by atoms with van der Waals surface area (Å²) in [6, 6.07) is 0. The first-order chi connectivity index (χ1) is 9.17. The number of nitrogens with zero attached hydrogens (tertiary/aromatic N) is 2. The van der Waals surface area contributed by atoms with E-state index in [4.69, 9.17) is 0 Å². The van der Waals surface area contributed by atoms with Gasteiger partial charge in [-0.05, 0) is 5.92 Å². The summed E-state index contributed by atoms with van der Waals surface area (Å²) in [6.07, 6.45) is 5.01. The molecule has 1 N–H and O–H groups in total. The molecule has 0 aromatic carbocycles. The van der Waals surface area contributed by atoms with Crippen molar-refractivity contribution in [1.82, 2.24) is 14.7 Å². The van der Waals surface area contributed by atoms with Crippen molar-refractivity contribution in [3.8, 4) is 0 Å². The molecule has 0 fully saturated rings. The van der Waals surface area contributed by atoms with Crippen LogP contribution >= 0.6 is 11.3 Å². The van der Waals surface area contributed by atoms with E-state index in [1.165, 1.54) is 21.9 Å². The lowest BCUT2D eigenvalue weighted by molar-refractivity contribution is 0.0944. The van der Waals surface area contributed by atoms with Crippen molar-refractivity contribution in [2.24, 2.45) is 5.92 Å². The van der Waals surface area contributed by atoms with E-state index in [9.17, 15) is 9.59 Å². The van der Waals surface area contributed by atoms with Crippen LogP contribution in [-0.4, -0.2) is 21.8 Å². The highest BCUT2D eigenvalue weighted by atomic mass is 32.1. The first kappa shape index (κ1) is 13.7. The van der Waals surface area contributed by atoms with Crippen LogP contribution in [0.2, 0.25) is 0 Å². The number of fused-ring (bicyclic) bond motifs is 1. The van der Waals surface area contributed by atoms with Gasteiger partial charge in [-0.3, -0.25) is 14.0 Å². The van der Waals surface area contributed by atoms with Crippen molar-refractivity contribution in [1.29, 1.82) is 0 Å². The standard InChI is InChI=1S/C13H17N3O2S/c1-3-9(4-2)7-14-11(17)10-8-15-13-16(12(10)18)5-6-19-13/h5-6,8-9H,3-4,7H2,1-2H3,(H,14,17). The Labute approximate surface area is 115 Å². The molecule has 2 heterocycles. The van der Waals surface area contributed by atoms with E-state index >= 15 is 0 Å². The Balaban J connectivity index is 2.17. The second-order valence-corrected chi connectivity index (χ2v) is 5.30. The molecule has 0 aliphatic carbocycles. The van der Waals surface area contributed by atoms with Crippen LogP contribution < -0.4 is 10.9 Å². The van der Waals surface area contributed by atoms with Gasteiger partial charge >= 0.3 is 0 Å². The van der Waals surface area contributed by atoms with E-state index in [-0.39, 0.29) is 17.0 Å². The minimum absolute atomic E-state index is 0.0989. The van der Waals surface area contributed by atoms with Crippen molar-refractivity contribution in [2.75, 3.05) is 6.54 Å². The molecule has 102 valence electrons. The molecule has 1 amide bonds. The predicted octanol–water partition coefficient (Wildman–Crippen LogP) is 1.92. The zero-order chi connectivity index (χ0) is 13.8. The smallest absolute Gasteiger partial charge is 0.271 e. The third kappa shape index (κ3) is 2.84. The first-order valence-electron chi connectivity index (χ1n) is 6.40. The van der Waals surface area contributed by atoms with Crippen LogP contribution in [0.15, 0.2) is 22.6 Å². The maximum absolute atomic E-state index is 12.1. The van der Waals surface area contributed by atoms with Gasteiger partial charge in [-0.1, -0.05) is 26.7 Å². The molecule has 6 heteroatoms. The normalized spacial score (nSPS) is 11.1. The molecule has 2 rings (SSSR count). The lowest BCUT2D eigenvalue weighted by Gasteiger charge is -2.12.